The van der Waals surface area contributed by atoms with Gasteiger partial charge in [-0.1, -0.05) is 24.6 Å². The maximum atomic E-state index is 12.4. The number of hydrogen-bond acceptors (Lipinski definition) is 4. The Kier molecular flexibility index (Phi) is 7.46. The lowest BCUT2D eigenvalue weighted by Crippen LogP contribution is -2.32. The van der Waals surface area contributed by atoms with Gasteiger partial charge in [-0.15, -0.1) is 0 Å². The zero-order valence-electron chi connectivity index (χ0n) is 14.5. The lowest BCUT2D eigenvalue weighted by Gasteiger charge is -2.18. The van der Waals surface area contributed by atoms with Gasteiger partial charge < -0.3 is 9.64 Å². The Balaban J connectivity index is 1.79. The monoisotopic (exact) mass is 382 g/mol. The van der Waals surface area contributed by atoms with Crippen LogP contribution in [0.25, 0.3) is 0 Å². The van der Waals surface area contributed by atoms with Crippen molar-refractivity contribution in [2.24, 2.45) is 0 Å². The highest BCUT2D eigenvalue weighted by Crippen LogP contribution is 2.17. The molecule has 0 radical (unpaired) electrons. The highest BCUT2D eigenvalue weighted by Gasteiger charge is 2.13. The van der Waals surface area contributed by atoms with Crippen molar-refractivity contribution in [3.8, 4) is 5.75 Å². The lowest BCUT2D eigenvalue weighted by atomic mass is 10.3. The second-order valence-corrected chi connectivity index (χ2v) is 6.58. The fourth-order valence-corrected chi connectivity index (χ4v) is 2.75. The van der Waals surface area contributed by atoms with Gasteiger partial charge in [0.05, 0.1) is 6.61 Å². The molecule has 0 fully saturated rings. The molecule has 0 saturated carbocycles. The minimum atomic E-state index is -0.00221. The van der Waals surface area contributed by atoms with Gasteiger partial charge in [0, 0.05) is 25.0 Å². The first-order valence-electron chi connectivity index (χ1n) is 8.27. The van der Waals surface area contributed by atoms with Gasteiger partial charge in [0.25, 0.3) is 0 Å². The molecule has 1 N–H and O–H groups in total. The molecule has 0 unspecified atom stereocenters. The number of aromatic nitrogens is 3. The molecule has 25 heavy (non-hydrogen) atoms. The van der Waals surface area contributed by atoms with Crippen LogP contribution in [0.1, 0.15) is 25.6 Å². The number of likely N-dealkylation sites (N-methyl/N-ethyl adjacent to an activating group) is 1. The second kappa shape index (κ2) is 9.58. The van der Waals surface area contributed by atoms with Crippen molar-refractivity contribution in [3.05, 3.63) is 39.9 Å². The molecular formula is C17H23ClN4O2S. The summed E-state index contributed by atoms with van der Waals surface area (Å²) in [5, 5.41) is 7.58. The van der Waals surface area contributed by atoms with E-state index in [-0.39, 0.29) is 12.5 Å². The number of H-pyrrole nitrogens is 1. The lowest BCUT2D eigenvalue weighted by molar-refractivity contribution is -0.130. The maximum absolute atomic E-state index is 12.4. The summed E-state index contributed by atoms with van der Waals surface area (Å²) in [4.78, 5) is 14.1. The van der Waals surface area contributed by atoms with Crippen LogP contribution in [-0.2, 0) is 17.8 Å². The molecular weight excluding hydrogens is 360 g/mol. The first-order valence-corrected chi connectivity index (χ1v) is 9.06. The van der Waals surface area contributed by atoms with Crippen LogP contribution in [-0.4, -0.2) is 45.8 Å². The highest BCUT2D eigenvalue weighted by atomic mass is 35.5. The molecule has 8 heteroatoms. The van der Waals surface area contributed by atoms with Gasteiger partial charge in [0.2, 0.25) is 5.91 Å². The molecule has 6 nitrogen and oxygen atoms in total. The summed E-state index contributed by atoms with van der Waals surface area (Å²) >= 11 is 11.1. The number of hydrogen-bond donors (Lipinski definition) is 1. The smallest absolute Gasteiger partial charge is 0.242 e. The Morgan fingerprint density at radius 2 is 2.28 bits per heavy atom. The van der Waals surface area contributed by atoms with Crippen LogP contribution in [0.5, 0.6) is 5.75 Å². The average molecular weight is 383 g/mol. The molecule has 1 aromatic carbocycles. The summed E-state index contributed by atoms with van der Waals surface area (Å²) in [6.45, 7) is 3.39. The van der Waals surface area contributed by atoms with Crippen LogP contribution in [0.15, 0.2) is 24.3 Å². The van der Waals surface area contributed by atoms with E-state index in [1.807, 2.05) is 12.1 Å². The molecule has 0 aliphatic rings. The maximum Gasteiger partial charge on any atom is 0.242 e. The number of nitrogens with one attached hydrogen (secondary N) is 1. The van der Waals surface area contributed by atoms with E-state index in [2.05, 4.69) is 17.1 Å². The summed E-state index contributed by atoms with van der Waals surface area (Å²) < 4.78 is 7.88. The third kappa shape index (κ3) is 5.86. The SMILES string of the molecule is CCCc1n[nH]c(=S)n1CC(=O)N(C)CCCOc1cccc(Cl)c1. The van der Waals surface area contributed by atoms with Crippen LogP contribution in [0, 0.1) is 4.77 Å². The molecule has 1 amide bonds. The highest BCUT2D eigenvalue weighted by molar-refractivity contribution is 7.71. The van der Waals surface area contributed by atoms with E-state index < -0.39 is 0 Å². The van der Waals surface area contributed by atoms with Crippen LogP contribution < -0.4 is 4.74 Å². The number of halogens is 1. The van der Waals surface area contributed by atoms with E-state index in [9.17, 15) is 4.79 Å². The standard InChI is InChI=1S/C17H23ClN4O2S/c1-3-6-15-19-20-17(25)22(15)12-16(23)21(2)9-5-10-24-14-8-4-7-13(18)11-14/h4,7-8,11H,3,5-6,9-10,12H2,1-2H3,(H,20,25). The van der Waals surface area contributed by atoms with Crippen molar-refractivity contribution in [2.75, 3.05) is 20.2 Å². The van der Waals surface area contributed by atoms with Crippen LogP contribution >= 0.6 is 23.8 Å². The summed E-state index contributed by atoms with van der Waals surface area (Å²) in [6.07, 6.45) is 2.47. The molecule has 0 spiro atoms. The number of rotatable bonds is 9. The Morgan fingerprint density at radius 1 is 1.48 bits per heavy atom. The molecule has 0 aliphatic heterocycles. The Labute approximate surface area is 157 Å². The molecule has 0 atom stereocenters. The summed E-state index contributed by atoms with van der Waals surface area (Å²) in [6, 6.07) is 7.27. The number of carbonyl (C=O) groups is 1. The number of benzene rings is 1. The first-order chi connectivity index (χ1) is 12.0. The van der Waals surface area contributed by atoms with Crippen molar-refractivity contribution in [1.29, 1.82) is 0 Å². The number of aromatic amines is 1. The number of ether oxygens (including phenoxy) is 1. The van der Waals surface area contributed by atoms with Crippen molar-refractivity contribution in [1.82, 2.24) is 19.7 Å². The average Bonchev–Trinajstić information content (AvgIpc) is 2.92. The van der Waals surface area contributed by atoms with E-state index in [0.29, 0.717) is 22.9 Å². The van der Waals surface area contributed by atoms with E-state index in [1.165, 1.54) is 0 Å². The van der Waals surface area contributed by atoms with Crippen molar-refractivity contribution in [2.45, 2.75) is 32.7 Å². The van der Waals surface area contributed by atoms with Crippen LogP contribution in [0.2, 0.25) is 5.02 Å². The van der Waals surface area contributed by atoms with Crippen molar-refractivity contribution >= 4 is 29.7 Å². The molecule has 0 bridgehead atoms. The number of nitrogens with zero attached hydrogens (tertiary/aromatic N) is 3. The topological polar surface area (TPSA) is 63.2 Å². The molecule has 2 rings (SSSR count). The molecule has 0 saturated heterocycles. The van der Waals surface area contributed by atoms with E-state index >= 15 is 0 Å². The van der Waals surface area contributed by atoms with Gasteiger partial charge in [0.1, 0.15) is 18.1 Å². The predicted octanol–water partition coefficient (Wildman–Crippen LogP) is 3.47. The molecule has 2 aromatic rings. The molecule has 1 heterocycles. The summed E-state index contributed by atoms with van der Waals surface area (Å²) in [5.41, 5.74) is 0. The largest absolute Gasteiger partial charge is 0.493 e. The quantitative estimate of drug-likeness (QED) is 0.532. The third-order valence-corrected chi connectivity index (χ3v) is 4.28. The van der Waals surface area contributed by atoms with Gasteiger partial charge in [-0.25, -0.2) is 0 Å². The van der Waals surface area contributed by atoms with Crippen molar-refractivity contribution in [3.63, 3.8) is 0 Å². The number of aryl methyl sites for hydroxylation is 1. The minimum Gasteiger partial charge on any atom is -0.493 e. The Morgan fingerprint density at radius 3 is 3.00 bits per heavy atom. The van der Waals surface area contributed by atoms with Crippen LogP contribution in [0.3, 0.4) is 0 Å². The summed E-state index contributed by atoms with van der Waals surface area (Å²) in [5.74, 6) is 1.55. The zero-order chi connectivity index (χ0) is 18.2. The zero-order valence-corrected chi connectivity index (χ0v) is 16.1. The van der Waals surface area contributed by atoms with Gasteiger partial charge >= 0.3 is 0 Å². The molecule has 0 aliphatic carbocycles. The predicted molar refractivity (Wildman–Crippen MR) is 101 cm³/mol. The van der Waals surface area contributed by atoms with Crippen LogP contribution in [0.4, 0.5) is 0 Å². The molecule has 136 valence electrons. The minimum absolute atomic E-state index is 0.00221. The fraction of sp³-hybridized carbons (Fsp3) is 0.471. The summed E-state index contributed by atoms with van der Waals surface area (Å²) in [7, 11) is 1.78. The van der Waals surface area contributed by atoms with E-state index in [0.717, 1.165) is 30.8 Å². The Hall–Kier alpha value is -1.86. The first kappa shape index (κ1) is 19.5. The second-order valence-electron chi connectivity index (χ2n) is 5.76. The molecule has 1 aromatic heterocycles. The fourth-order valence-electron chi connectivity index (χ4n) is 2.36. The number of carbonyl (C=O) groups excluding carboxylic acids is 1. The third-order valence-electron chi connectivity index (χ3n) is 3.73. The normalized spacial score (nSPS) is 10.7. The van der Waals surface area contributed by atoms with E-state index in [4.69, 9.17) is 28.6 Å². The van der Waals surface area contributed by atoms with Gasteiger partial charge in [-0.3, -0.25) is 14.5 Å². The van der Waals surface area contributed by atoms with Gasteiger partial charge in [0.15, 0.2) is 4.77 Å². The van der Waals surface area contributed by atoms with E-state index in [1.54, 1.807) is 28.6 Å². The van der Waals surface area contributed by atoms with Gasteiger partial charge in [-0.2, -0.15) is 5.10 Å². The Bertz CT molecular complexity index is 759. The number of amides is 1. The van der Waals surface area contributed by atoms with Crippen molar-refractivity contribution < 1.29 is 9.53 Å². The van der Waals surface area contributed by atoms with Gasteiger partial charge in [-0.05, 0) is 43.3 Å².